The molecule has 0 atom stereocenters. The second-order valence-corrected chi connectivity index (χ2v) is 5.88. The third-order valence-corrected chi connectivity index (χ3v) is 3.86. The molecule has 0 spiro atoms. The third kappa shape index (κ3) is 7.46. The number of ether oxygens (including phenoxy) is 1. The zero-order chi connectivity index (χ0) is 15.5. The van der Waals surface area contributed by atoms with Gasteiger partial charge in [-0.2, -0.15) is 0 Å². The van der Waals surface area contributed by atoms with Crippen molar-refractivity contribution in [1.82, 2.24) is 10.6 Å². The lowest BCUT2D eigenvalue weighted by molar-refractivity contribution is 0.133. The van der Waals surface area contributed by atoms with E-state index in [0.29, 0.717) is 0 Å². The third-order valence-electron chi connectivity index (χ3n) is 3.86. The highest BCUT2D eigenvalue weighted by molar-refractivity contribution is 5.79. The van der Waals surface area contributed by atoms with Crippen LogP contribution in [-0.4, -0.2) is 39.3 Å². The molecule has 4 heteroatoms. The van der Waals surface area contributed by atoms with Gasteiger partial charge in [0.25, 0.3) is 0 Å². The molecule has 0 bridgehead atoms. The first-order valence-electron chi connectivity index (χ1n) is 8.44. The van der Waals surface area contributed by atoms with Crippen LogP contribution in [0.2, 0.25) is 0 Å². The molecule has 0 aromatic heterocycles. The molecule has 0 unspecified atom stereocenters. The fourth-order valence-corrected chi connectivity index (χ4v) is 2.26. The minimum atomic E-state index is 0.808. The van der Waals surface area contributed by atoms with Gasteiger partial charge in [0.15, 0.2) is 5.96 Å². The van der Waals surface area contributed by atoms with E-state index in [1.807, 2.05) is 13.1 Å². The predicted molar refractivity (Wildman–Crippen MR) is 92.3 cm³/mol. The molecule has 0 aliphatic heterocycles. The van der Waals surface area contributed by atoms with Crippen LogP contribution in [0.15, 0.2) is 35.3 Å². The second kappa shape index (κ2) is 10.2. The van der Waals surface area contributed by atoms with Gasteiger partial charge in [0.2, 0.25) is 0 Å². The van der Waals surface area contributed by atoms with Gasteiger partial charge in [-0.1, -0.05) is 30.3 Å². The number of nitrogens with one attached hydrogen (secondary N) is 2. The quantitative estimate of drug-likeness (QED) is 0.397. The maximum Gasteiger partial charge on any atom is 0.190 e. The molecule has 1 aromatic rings. The van der Waals surface area contributed by atoms with Crippen LogP contribution < -0.4 is 10.6 Å². The van der Waals surface area contributed by atoms with Crippen LogP contribution in [0.5, 0.6) is 0 Å². The summed E-state index contributed by atoms with van der Waals surface area (Å²) in [7, 11) is 1.83. The highest BCUT2D eigenvalue weighted by Crippen LogP contribution is 2.27. The van der Waals surface area contributed by atoms with Gasteiger partial charge < -0.3 is 15.4 Å². The minimum absolute atomic E-state index is 0.808. The highest BCUT2D eigenvalue weighted by Gasteiger charge is 2.20. The lowest BCUT2D eigenvalue weighted by Gasteiger charge is -2.11. The van der Waals surface area contributed by atoms with Crippen molar-refractivity contribution in [2.45, 2.75) is 32.1 Å². The van der Waals surface area contributed by atoms with Gasteiger partial charge in [0, 0.05) is 26.7 Å². The Morgan fingerprint density at radius 3 is 2.68 bits per heavy atom. The number of hydrogen-bond donors (Lipinski definition) is 2. The van der Waals surface area contributed by atoms with Crippen molar-refractivity contribution in [2.75, 3.05) is 33.4 Å². The molecule has 0 heterocycles. The number of aliphatic imine (C=N–C) groups is 1. The van der Waals surface area contributed by atoms with Crippen molar-refractivity contribution in [3.05, 3.63) is 35.9 Å². The van der Waals surface area contributed by atoms with E-state index >= 15 is 0 Å². The summed E-state index contributed by atoms with van der Waals surface area (Å²) in [6, 6.07) is 10.5. The second-order valence-electron chi connectivity index (χ2n) is 5.88. The Labute approximate surface area is 134 Å². The molecule has 1 aliphatic rings. The summed E-state index contributed by atoms with van der Waals surface area (Å²) in [6.45, 7) is 3.65. The van der Waals surface area contributed by atoms with Crippen LogP contribution in [0.4, 0.5) is 0 Å². The van der Waals surface area contributed by atoms with E-state index in [1.54, 1.807) is 0 Å². The summed E-state index contributed by atoms with van der Waals surface area (Å²) < 4.78 is 5.68. The number of guanidine groups is 1. The maximum atomic E-state index is 5.68. The summed E-state index contributed by atoms with van der Waals surface area (Å²) in [5.74, 6) is 1.80. The Balaban J connectivity index is 1.40. The zero-order valence-corrected chi connectivity index (χ0v) is 13.7. The fraction of sp³-hybridized carbons (Fsp3) is 0.611. The van der Waals surface area contributed by atoms with Gasteiger partial charge in [0.05, 0.1) is 6.61 Å². The molecule has 1 fully saturated rings. The Morgan fingerprint density at radius 2 is 1.95 bits per heavy atom. The Morgan fingerprint density at radius 1 is 1.14 bits per heavy atom. The molecule has 0 saturated heterocycles. The summed E-state index contributed by atoms with van der Waals surface area (Å²) in [6.07, 6.45) is 5.92. The largest absolute Gasteiger partial charge is 0.381 e. The summed E-state index contributed by atoms with van der Waals surface area (Å²) in [5.41, 5.74) is 1.34. The Hall–Kier alpha value is -1.55. The SMILES string of the molecule is CN=C(NCCCCOCCc1ccccc1)NCC1CC1. The molecule has 0 radical (unpaired) electrons. The zero-order valence-electron chi connectivity index (χ0n) is 13.7. The first-order valence-corrected chi connectivity index (χ1v) is 8.44. The average Bonchev–Trinajstić information content (AvgIpc) is 3.38. The van der Waals surface area contributed by atoms with Gasteiger partial charge in [-0.25, -0.2) is 0 Å². The summed E-state index contributed by atoms with van der Waals surface area (Å²) in [4.78, 5) is 4.23. The first kappa shape index (κ1) is 16.8. The van der Waals surface area contributed by atoms with Crippen LogP contribution >= 0.6 is 0 Å². The van der Waals surface area contributed by atoms with Crippen LogP contribution in [0.3, 0.4) is 0 Å². The number of benzene rings is 1. The van der Waals surface area contributed by atoms with E-state index in [4.69, 9.17) is 4.74 Å². The molecule has 22 heavy (non-hydrogen) atoms. The van der Waals surface area contributed by atoms with Crippen molar-refractivity contribution in [2.24, 2.45) is 10.9 Å². The lowest BCUT2D eigenvalue weighted by Crippen LogP contribution is -2.38. The predicted octanol–water partition coefficient (Wildman–Crippen LogP) is 2.60. The molecule has 1 saturated carbocycles. The van der Waals surface area contributed by atoms with Crippen molar-refractivity contribution in [3.8, 4) is 0 Å². The standard InChI is InChI=1S/C18H29N3O/c1-19-18(21-15-17-9-10-17)20-12-5-6-13-22-14-11-16-7-3-2-4-8-16/h2-4,7-8,17H,5-6,9-15H2,1H3,(H2,19,20,21). The van der Waals surface area contributed by atoms with Gasteiger partial charge in [-0.15, -0.1) is 0 Å². The van der Waals surface area contributed by atoms with E-state index in [0.717, 1.165) is 57.4 Å². The summed E-state index contributed by atoms with van der Waals surface area (Å²) >= 11 is 0. The van der Waals surface area contributed by atoms with Crippen molar-refractivity contribution in [1.29, 1.82) is 0 Å². The van der Waals surface area contributed by atoms with Gasteiger partial charge in [-0.3, -0.25) is 4.99 Å². The first-order chi connectivity index (χ1) is 10.9. The molecule has 2 N–H and O–H groups in total. The number of rotatable bonds is 10. The molecular weight excluding hydrogens is 274 g/mol. The van der Waals surface area contributed by atoms with Crippen LogP contribution in [-0.2, 0) is 11.2 Å². The highest BCUT2D eigenvalue weighted by atomic mass is 16.5. The smallest absolute Gasteiger partial charge is 0.190 e. The van der Waals surface area contributed by atoms with E-state index in [2.05, 4.69) is 39.9 Å². The lowest BCUT2D eigenvalue weighted by atomic mass is 10.2. The van der Waals surface area contributed by atoms with Crippen molar-refractivity contribution in [3.63, 3.8) is 0 Å². The van der Waals surface area contributed by atoms with Crippen LogP contribution in [0, 0.1) is 5.92 Å². The average molecular weight is 303 g/mol. The van der Waals surface area contributed by atoms with Crippen LogP contribution in [0.1, 0.15) is 31.2 Å². The van der Waals surface area contributed by atoms with Gasteiger partial charge in [-0.05, 0) is 43.6 Å². The number of unbranched alkanes of at least 4 members (excludes halogenated alkanes) is 1. The van der Waals surface area contributed by atoms with E-state index in [1.165, 1.54) is 18.4 Å². The monoisotopic (exact) mass is 303 g/mol. The van der Waals surface area contributed by atoms with Crippen LogP contribution in [0.25, 0.3) is 0 Å². The molecule has 4 nitrogen and oxygen atoms in total. The molecule has 1 aromatic carbocycles. The molecule has 2 rings (SSSR count). The molecule has 1 aliphatic carbocycles. The number of nitrogens with zero attached hydrogens (tertiary/aromatic N) is 1. The molecule has 0 amide bonds. The molecule has 122 valence electrons. The fourth-order valence-electron chi connectivity index (χ4n) is 2.26. The maximum absolute atomic E-state index is 5.68. The van der Waals surface area contributed by atoms with E-state index in [-0.39, 0.29) is 0 Å². The minimum Gasteiger partial charge on any atom is -0.381 e. The Bertz CT molecular complexity index is 429. The topological polar surface area (TPSA) is 45.7 Å². The van der Waals surface area contributed by atoms with Gasteiger partial charge >= 0.3 is 0 Å². The Kier molecular flexibility index (Phi) is 7.81. The van der Waals surface area contributed by atoms with E-state index < -0.39 is 0 Å². The number of hydrogen-bond acceptors (Lipinski definition) is 2. The van der Waals surface area contributed by atoms with Gasteiger partial charge in [0.1, 0.15) is 0 Å². The summed E-state index contributed by atoms with van der Waals surface area (Å²) in [5, 5.41) is 6.72. The molecular formula is C18H29N3O. The van der Waals surface area contributed by atoms with Crippen molar-refractivity contribution < 1.29 is 4.74 Å². The van der Waals surface area contributed by atoms with E-state index in [9.17, 15) is 0 Å². The normalized spacial score (nSPS) is 14.9. The van der Waals surface area contributed by atoms with Crippen molar-refractivity contribution >= 4 is 5.96 Å².